The van der Waals surface area contributed by atoms with Crippen molar-refractivity contribution < 1.29 is 17.5 Å². The highest BCUT2D eigenvalue weighted by molar-refractivity contribution is 7.80. The minimum Gasteiger partial charge on any atom is -0.316 e. The molecule has 1 saturated carbocycles. The van der Waals surface area contributed by atoms with Gasteiger partial charge in [0.2, 0.25) is 0 Å². The average molecular weight is 313 g/mol. The maximum absolute atomic E-state index is 8.74. The third-order valence-corrected chi connectivity index (χ3v) is 3.76. The molecule has 1 aliphatic carbocycles. The fraction of sp³-hybridized carbons (Fsp3) is 1.00. The zero-order chi connectivity index (χ0) is 14.7. The third kappa shape index (κ3) is 12.9. The van der Waals surface area contributed by atoms with Crippen LogP contribution in [0.3, 0.4) is 0 Å². The molecule has 19 heavy (non-hydrogen) atoms. The standard InChI is InChI=1S/C12H25NS.H2O4S/c1-2-11(10-13-8-9-14)12-6-4-3-5-7-12;1-5(2,3)4/h11-14H,2-10H2,1H3;(H2,1,2,3,4). The molecule has 1 atom stereocenters. The van der Waals surface area contributed by atoms with Crippen LogP contribution in [-0.2, 0) is 10.4 Å². The monoisotopic (exact) mass is 313 g/mol. The Kier molecular flexibility index (Phi) is 11.0. The summed E-state index contributed by atoms with van der Waals surface area (Å²) < 4.78 is 31.6. The van der Waals surface area contributed by atoms with E-state index in [0.717, 1.165) is 24.1 Å². The molecule has 7 heteroatoms. The third-order valence-electron chi connectivity index (χ3n) is 3.54. The summed E-state index contributed by atoms with van der Waals surface area (Å²) >= 11 is 4.22. The van der Waals surface area contributed by atoms with Crippen LogP contribution >= 0.6 is 12.6 Å². The maximum Gasteiger partial charge on any atom is 0.394 e. The lowest BCUT2D eigenvalue weighted by atomic mass is 9.79. The molecule has 116 valence electrons. The molecule has 1 rings (SSSR count). The second-order valence-corrected chi connectivity index (χ2v) is 6.28. The number of thiol groups is 1. The lowest BCUT2D eigenvalue weighted by molar-refractivity contribution is 0.236. The summed E-state index contributed by atoms with van der Waals surface area (Å²) in [5, 5.41) is 3.51. The zero-order valence-corrected chi connectivity index (χ0v) is 13.3. The van der Waals surface area contributed by atoms with E-state index in [1.165, 1.54) is 45.1 Å². The summed E-state index contributed by atoms with van der Waals surface area (Å²) in [6.45, 7) is 4.61. The van der Waals surface area contributed by atoms with Gasteiger partial charge in [-0.05, 0) is 18.4 Å². The van der Waals surface area contributed by atoms with Crippen molar-refractivity contribution in [2.75, 3.05) is 18.8 Å². The summed E-state index contributed by atoms with van der Waals surface area (Å²) in [6.07, 6.45) is 8.69. The van der Waals surface area contributed by atoms with Gasteiger partial charge in [0.05, 0.1) is 0 Å². The minimum atomic E-state index is -4.67. The van der Waals surface area contributed by atoms with E-state index in [1.807, 2.05) is 0 Å². The molecule has 3 N–H and O–H groups in total. The smallest absolute Gasteiger partial charge is 0.316 e. The topological polar surface area (TPSA) is 86.6 Å². The molecule has 0 heterocycles. The molecular formula is C12H27NO4S2. The van der Waals surface area contributed by atoms with Crippen molar-refractivity contribution in [1.82, 2.24) is 5.32 Å². The molecule has 0 saturated heterocycles. The predicted molar refractivity (Wildman–Crippen MR) is 81.3 cm³/mol. The normalized spacial score (nSPS) is 18.5. The maximum atomic E-state index is 8.74. The lowest BCUT2D eigenvalue weighted by Gasteiger charge is -2.29. The Morgan fingerprint density at radius 1 is 1.26 bits per heavy atom. The molecule has 0 bridgehead atoms. The summed E-state index contributed by atoms with van der Waals surface area (Å²) in [6, 6.07) is 0. The van der Waals surface area contributed by atoms with Crippen molar-refractivity contribution >= 4 is 23.0 Å². The van der Waals surface area contributed by atoms with Gasteiger partial charge in [0.15, 0.2) is 0 Å². The van der Waals surface area contributed by atoms with Crippen LogP contribution in [0, 0.1) is 11.8 Å². The van der Waals surface area contributed by atoms with E-state index in [-0.39, 0.29) is 0 Å². The van der Waals surface area contributed by atoms with Crippen molar-refractivity contribution in [2.45, 2.75) is 45.4 Å². The molecule has 1 unspecified atom stereocenters. The van der Waals surface area contributed by atoms with Crippen LogP contribution < -0.4 is 5.32 Å². The molecule has 0 radical (unpaired) electrons. The number of hydrogen-bond donors (Lipinski definition) is 4. The number of nitrogens with one attached hydrogen (secondary N) is 1. The van der Waals surface area contributed by atoms with Crippen molar-refractivity contribution in [3.8, 4) is 0 Å². The van der Waals surface area contributed by atoms with Gasteiger partial charge in [-0.1, -0.05) is 45.4 Å². The molecule has 0 amide bonds. The summed E-state index contributed by atoms with van der Waals surface area (Å²) in [5.74, 6) is 2.87. The quantitative estimate of drug-likeness (QED) is 0.344. The predicted octanol–water partition coefficient (Wildman–Crippen LogP) is 2.46. The van der Waals surface area contributed by atoms with E-state index in [0.29, 0.717) is 0 Å². The largest absolute Gasteiger partial charge is 0.394 e. The summed E-state index contributed by atoms with van der Waals surface area (Å²) in [5.41, 5.74) is 0. The molecule has 0 aromatic rings. The van der Waals surface area contributed by atoms with Crippen LogP contribution in [-0.4, -0.2) is 36.4 Å². The number of hydrogen-bond acceptors (Lipinski definition) is 4. The first-order valence-corrected chi connectivity index (χ1v) is 8.92. The summed E-state index contributed by atoms with van der Waals surface area (Å²) in [7, 11) is -4.67. The van der Waals surface area contributed by atoms with Gasteiger partial charge < -0.3 is 5.32 Å². The van der Waals surface area contributed by atoms with Crippen LogP contribution in [0.15, 0.2) is 0 Å². The van der Waals surface area contributed by atoms with Crippen LogP contribution in [0.1, 0.15) is 45.4 Å². The second-order valence-electron chi connectivity index (χ2n) is 4.94. The first-order chi connectivity index (χ1) is 8.88. The first-order valence-electron chi connectivity index (χ1n) is 6.90. The van der Waals surface area contributed by atoms with Crippen molar-refractivity contribution in [2.24, 2.45) is 11.8 Å². The Morgan fingerprint density at radius 2 is 1.79 bits per heavy atom. The van der Waals surface area contributed by atoms with Gasteiger partial charge in [-0.2, -0.15) is 21.0 Å². The molecule has 5 nitrogen and oxygen atoms in total. The van der Waals surface area contributed by atoms with E-state index in [2.05, 4.69) is 24.9 Å². The highest BCUT2D eigenvalue weighted by Gasteiger charge is 2.21. The second kappa shape index (κ2) is 10.9. The Balaban J connectivity index is 0.000000555. The van der Waals surface area contributed by atoms with E-state index in [9.17, 15) is 0 Å². The molecule has 1 aliphatic rings. The average Bonchev–Trinajstić information content (AvgIpc) is 2.34. The molecular weight excluding hydrogens is 286 g/mol. The zero-order valence-electron chi connectivity index (χ0n) is 11.6. The molecule has 0 aliphatic heterocycles. The van der Waals surface area contributed by atoms with E-state index in [1.54, 1.807) is 0 Å². The van der Waals surface area contributed by atoms with E-state index < -0.39 is 10.4 Å². The van der Waals surface area contributed by atoms with E-state index in [4.69, 9.17) is 17.5 Å². The van der Waals surface area contributed by atoms with Crippen LogP contribution in [0.5, 0.6) is 0 Å². The van der Waals surface area contributed by atoms with Crippen LogP contribution in [0.2, 0.25) is 0 Å². The molecule has 1 fully saturated rings. The van der Waals surface area contributed by atoms with E-state index >= 15 is 0 Å². The van der Waals surface area contributed by atoms with Gasteiger partial charge >= 0.3 is 10.4 Å². The van der Waals surface area contributed by atoms with Gasteiger partial charge in [0, 0.05) is 12.3 Å². The van der Waals surface area contributed by atoms with Gasteiger partial charge in [0.25, 0.3) is 0 Å². The summed E-state index contributed by atoms with van der Waals surface area (Å²) in [4.78, 5) is 0. The highest BCUT2D eigenvalue weighted by atomic mass is 32.3. The fourth-order valence-electron chi connectivity index (χ4n) is 2.62. The minimum absolute atomic E-state index is 0.912. The Bertz CT molecular complexity index is 295. The van der Waals surface area contributed by atoms with Crippen LogP contribution in [0.25, 0.3) is 0 Å². The van der Waals surface area contributed by atoms with Crippen molar-refractivity contribution in [3.63, 3.8) is 0 Å². The molecule has 0 aromatic heterocycles. The Labute approximate surface area is 122 Å². The van der Waals surface area contributed by atoms with Crippen molar-refractivity contribution in [3.05, 3.63) is 0 Å². The Morgan fingerprint density at radius 3 is 2.21 bits per heavy atom. The van der Waals surface area contributed by atoms with Gasteiger partial charge in [-0.25, -0.2) is 0 Å². The van der Waals surface area contributed by atoms with Gasteiger partial charge in [0.1, 0.15) is 0 Å². The SMILES string of the molecule is CCC(CNCCS)C1CCCCC1.O=S(=O)(O)O. The molecule has 0 spiro atoms. The number of rotatable bonds is 6. The molecule has 0 aromatic carbocycles. The van der Waals surface area contributed by atoms with Crippen molar-refractivity contribution in [1.29, 1.82) is 0 Å². The fourth-order valence-corrected chi connectivity index (χ4v) is 2.77. The Hall–Kier alpha value is 0.180. The van der Waals surface area contributed by atoms with Gasteiger partial charge in [-0.3, -0.25) is 9.11 Å². The van der Waals surface area contributed by atoms with Crippen LogP contribution in [0.4, 0.5) is 0 Å². The highest BCUT2D eigenvalue weighted by Crippen LogP contribution is 2.31. The first kappa shape index (κ1) is 19.2. The van der Waals surface area contributed by atoms with Gasteiger partial charge in [-0.15, -0.1) is 0 Å². The lowest BCUT2D eigenvalue weighted by Crippen LogP contribution is -2.30.